The highest BCUT2D eigenvalue weighted by atomic mass is 15.4. The minimum atomic E-state index is 0.287. The van der Waals surface area contributed by atoms with Crippen LogP contribution in [0.25, 0.3) is 5.95 Å². The van der Waals surface area contributed by atoms with Crippen LogP contribution in [0.5, 0.6) is 0 Å². The Morgan fingerprint density at radius 3 is 2.67 bits per heavy atom. The van der Waals surface area contributed by atoms with E-state index in [1.807, 2.05) is 0 Å². The van der Waals surface area contributed by atoms with E-state index in [-0.39, 0.29) is 5.95 Å². The van der Waals surface area contributed by atoms with Gasteiger partial charge in [-0.3, -0.25) is 5.43 Å². The average Bonchev–Trinajstić information content (AvgIpc) is 3.17. The first-order chi connectivity index (χ1) is 10.2. The summed E-state index contributed by atoms with van der Waals surface area (Å²) < 4.78 is 1.46. The molecule has 1 saturated carbocycles. The summed E-state index contributed by atoms with van der Waals surface area (Å²) in [5, 5.41) is 7.30. The molecule has 0 aromatic carbocycles. The highest BCUT2D eigenvalue weighted by Gasteiger charge is 2.28. The molecule has 0 unspecified atom stereocenters. The van der Waals surface area contributed by atoms with Gasteiger partial charge in [0.15, 0.2) is 0 Å². The Balaban J connectivity index is 1.79. The number of nitrogens with one attached hydrogen (secondary N) is 2. The first-order valence-electron chi connectivity index (χ1n) is 7.00. The van der Waals surface area contributed by atoms with Crippen LogP contribution in [0.15, 0.2) is 12.7 Å². The molecule has 1 fully saturated rings. The van der Waals surface area contributed by atoms with Crippen molar-refractivity contribution >= 4 is 11.9 Å². The minimum Gasteiger partial charge on any atom is -0.353 e. The molecule has 0 atom stereocenters. The maximum atomic E-state index is 5.41. The summed E-state index contributed by atoms with van der Waals surface area (Å²) in [6.45, 7) is 3.12. The molecule has 4 N–H and O–H groups in total. The van der Waals surface area contributed by atoms with Crippen molar-refractivity contribution in [3.05, 3.63) is 12.7 Å². The number of nitrogens with zero attached hydrogens (tertiary/aromatic N) is 6. The molecule has 1 aliphatic rings. The molecule has 0 aliphatic heterocycles. The molecule has 2 heterocycles. The number of nitrogens with two attached hydrogens (primary N) is 1. The second-order valence-corrected chi connectivity index (χ2v) is 5.64. The van der Waals surface area contributed by atoms with E-state index in [1.165, 1.54) is 43.0 Å². The van der Waals surface area contributed by atoms with E-state index in [2.05, 4.69) is 42.7 Å². The predicted octanol–water partition coefficient (Wildman–Crippen LogP) is 0.730. The van der Waals surface area contributed by atoms with Crippen LogP contribution in [0.2, 0.25) is 0 Å². The zero-order chi connectivity index (χ0) is 14.7. The van der Waals surface area contributed by atoms with E-state index in [0.717, 1.165) is 6.54 Å². The van der Waals surface area contributed by atoms with Crippen molar-refractivity contribution in [1.82, 2.24) is 29.7 Å². The van der Waals surface area contributed by atoms with Gasteiger partial charge in [-0.05, 0) is 18.3 Å². The van der Waals surface area contributed by atoms with Crippen LogP contribution < -0.4 is 16.6 Å². The van der Waals surface area contributed by atoms with E-state index in [9.17, 15) is 0 Å². The van der Waals surface area contributed by atoms with Crippen LogP contribution in [0, 0.1) is 5.41 Å². The van der Waals surface area contributed by atoms with Crippen molar-refractivity contribution < 1.29 is 0 Å². The van der Waals surface area contributed by atoms with Gasteiger partial charge in [0.2, 0.25) is 11.9 Å². The molecule has 0 radical (unpaired) electrons. The third-order valence-electron chi connectivity index (χ3n) is 3.86. The van der Waals surface area contributed by atoms with Gasteiger partial charge in [0.25, 0.3) is 5.95 Å². The summed E-state index contributed by atoms with van der Waals surface area (Å²) in [5.74, 6) is 6.55. The van der Waals surface area contributed by atoms with Gasteiger partial charge in [-0.15, -0.1) is 0 Å². The van der Waals surface area contributed by atoms with Gasteiger partial charge in [0.05, 0.1) is 0 Å². The van der Waals surface area contributed by atoms with E-state index < -0.39 is 0 Å². The number of nitrogen functional groups attached to an aromatic ring is 1. The quantitative estimate of drug-likeness (QED) is 0.544. The molecular weight excluding hydrogens is 270 g/mol. The van der Waals surface area contributed by atoms with Crippen molar-refractivity contribution in [1.29, 1.82) is 0 Å². The Bertz CT molecular complexity index is 589. The fraction of sp³-hybridized carbons (Fsp3) is 0.583. The standard InChI is InChI=1S/C12H19N9/c1-12(4-2-3-5-12)6-15-9-17-10(20-13)19-11(18-9)21-8-14-7-16-21/h7-8H,2-6,13H2,1H3,(H2,15,17,18,19,20). The third-order valence-corrected chi connectivity index (χ3v) is 3.86. The Labute approximate surface area is 122 Å². The molecule has 0 saturated heterocycles. The molecule has 1 aliphatic carbocycles. The summed E-state index contributed by atoms with van der Waals surface area (Å²) in [6, 6.07) is 0. The van der Waals surface area contributed by atoms with E-state index in [1.54, 1.807) is 0 Å². The largest absolute Gasteiger partial charge is 0.353 e. The Kier molecular flexibility index (Phi) is 3.65. The van der Waals surface area contributed by atoms with Gasteiger partial charge < -0.3 is 5.32 Å². The molecule has 9 nitrogen and oxygen atoms in total. The van der Waals surface area contributed by atoms with Crippen molar-refractivity contribution in [2.24, 2.45) is 11.3 Å². The number of anilines is 2. The first kappa shape index (κ1) is 13.7. The third kappa shape index (κ3) is 3.07. The van der Waals surface area contributed by atoms with Gasteiger partial charge in [-0.25, -0.2) is 10.8 Å². The molecule has 2 aromatic heterocycles. The van der Waals surface area contributed by atoms with Crippen LogP contribution in [0.3, 0.4) is 0 Å². The zero-order valence-electron chi connectivity index (χ0n) is 12.0. The second kappa shape index (κ2) is 5.60. The van der Waals surface area contributed by atoms with Crippen molar-refractivity contribution in [2.45, 2.75) is 32.6 Å². The molecular formula is C12H19N9. The first-order valence-corrected chi connectivity index (χ1v) is 7.00. The van der Waals surface area contributed by atoms with Crippen LogP contribution in [0.4, 0.5) is 11.9 Å². The molecule has 3 rings (SSSR count). The van der Waals surface area contributed by atoms with Crippen LogP contribution in [-0.2, 0) is 0 Å². The SMILES string of the molecule is CC1(CNc2nc(NN)nc(-n3cncn3)n2)CCCC1. The zero-order valence-corrected chi connectivity index (χ0v) is 12.0. The summed E-state index contributed by atoms with van der Waals surface area (Å²) in [5.41, 5.74) is 2.75. The fourth-order valence-electron chi connectivity index (χ4n) is 2.62. The molecule has 9 heteroatoms. The van der Waals surface area contributed by atoms with E-state index in [0.29, 0.717) is 17.3 Å². The topological polar surface area (TPSA) is 119 Å². The van der Waals surface area contributed by atoms with Gasteiger partial charge in [0.1, 0.15) is 12.7 Å². The molecule has 2 aromatic rings. The van der Waals surface area contributed by atoms with Gasteiger partial charge in [-0.1, -0.05) is 19.8 Å². The van der Waals surface area contributed by atoms with Crippen molar-refractivity contribution in [3.8, 4) is 5.95 Å². The number of hydrogen-bond acceptors (Lipinski definition) is 8. The normalized spacial score (nSPS) is 16.9. The molecule has 0 bridgehead atoms. The highest BCUT2D eigenvalue weighted by molar-refractivity contribution is 5.37. The van der Waals surface area contributed by atoms with Gasteiger partial charge >= 0.3 is 0 Å². The average molecular weight is 289 g/mol. The number of rotatable bonds is 5. The Morgan fingerprint density at radius 2 is 2.00 bits per heavy atom. The lowest BCUT2D eigenvalue weighted by Crippen LogP contribution is -2.25. The Morgan fingerprint density at radius 1 is 1.24 bits per heavy atom. The van der Waals surface area contributed by atoms with Crippen molar-refractivity contribution in [3.63, 3.8) is 0 Å². The van der Waals surface area contributed by atoms with Gasteiger partial charge in [0, 0.05) is 6.54 Å². The maximum Gasteiger partial charge on any atom is 0.258 e. The van der Waals surface area contributed by atoms with E-state index >= 15 is 0 Å². The molecule has 0 spiro atoms. The lowest BCUT2D eigenvalue weighted by molar-refractivity contribution is 0.361. The molecule has 0 amide bonds. The monoisotopic (exact) mass is 289 g/mol. The maximum absolute atomic E-state index is 5.41. The lowest BCUT2D eigenvalue weighted by Gasteiger charge is -2.23. The summed E-state index contributed by atoms with van der Waals surface area (Å²) in [6.07, 6.45) is 7.97. The minimum absolute atomic E-state index is 0.287. The van der Waals surface area contributed by atoms with Crippen molar-refractivity contribution in [2.75, 3.05) is 17.3 Å². The Hall–Kier alpha value is -2.29. The van der Waals surface area contributed by atoms with Crippen LogP contribution >= 0.6 is 0 Å². The summed E-state index contributed by atoms with van der Waals surface area (Å²) in [7, 11) is 0. The molecule has 112 valence electrons. The number of hydrogen-bond donors (Lipinski definition) is 3. The molecule has 21 heavy (non-hydrogen) atoms. The van der Waals surface area contributed by atoms with E-state index in [4.69, 9.17) is 5.84 Å². The number of hydrazine groups is 1. The fourth-order valence-corrected chi connectivity index (χ4v) is 2.62. The highest BCUT2D eigenvalue weighted by Crippen LogP contribution is 2.37. The lowest BCUT2D eigenvalue weighted by atomic mass is 9.89. The van der Waals surface area contributed by atoms with Crippen LogP contribution in [-0.4, -0.2) is 36.3 Å². The summed E-state index contributed by atoms with van der Waals surface area (Å²) in [4.78, 5) is 16.6. The predicted molar refractivity (Wildman–Crippen MR) is 77.6 cm³/mol. The number of aromatic nitrogens is 6. The van der Waals surface area contributed by atoms with Crippen LogP contribution in [0.1, 0.15) is 32.6 Å². The second-order valence-electron chi connectivity index (χ2n) is 5.64. The summed E-state index contributed by atoms with van der Waals surface area (Å²) >= 11 is 0. The smallest absolute Gasteiger partial charge is 0.258 e. The van der Waals surface area contributed by atoms with Gasteiger partial charge in [-0.2, -0.15) is 24.7 Å².